The summed E-state index contributed by atoms with van der Waals surface area (Å²) < 4.78 is 23.4. The van der Waals surface area contributed by atoms with Crippen molar-refractivity contribution < 1.29 is 35.1 Å². The zero-order valence-electron chi connectivity index (χ0n) is 23.8. The molecule has 0 saturated heterocycles. The minimum absolute atomic E-state index is 0.00157. The van der Waals surface area contributed by atoms with Gasteiger partial charge < -0.3 is 25.0 Å². The molecule has 0 spiro atoms. The number of primary amides is 1. The Morgan fingerprint density at radius 1 is 0.821 bits per heavy atom. The van der Waals surface area contributed by atoms with Crippen molar-refractivity contribution in [2.45, 2.75) is 64.2 Å². The molecule has 212 valence electrons. The topological polar surface area (TPSA) is 125 Å². The first-order valence-corrected chi connectivity index (χ1v) is 14.0. The number of unbranched alkanes of at least 4 members (excludes halogenated alkanes) is 2. The number of aliphatic hydroxyl groups is 1. The third-order valence-corrected chi connectivity index (χ3v) is 6.89. The number of nitrogens with two attached hydrogens (primary N) is 1. The van der Waals surface area contributed by atoms with E-state index in [1.807, 2.05) is 36.4 Å². The summed E-state index contributed by atoms with van der Waals surface area (Å²) >= 11 is 0. The van der Waals surface area contributed by atoms with E-state index >= 15 is 0 Å². The van der Waals surface area contributed by atoms with E-state index in [0.717, 1.165) is 41.5 Å². The van der Waals surface area contributed by atoms with Crippen molar-refractivity contribution in [2.24, 2.45) is 5.73 Å². The normalized spacial score (nSPS) is 13.9. The van der Waals surface area contributed by atoms with Gasteiger partial charge in [0.05, 0.1) is 0 Å². The molecule has 1 aliphatic rings. The van der Waals surface area contributed by atoms with Crippen molar-refractivity contribution in [1.29, 1.82) is 0 Å². The second kappa shape index (κ2) is 16.1. The number of hydrogen-bond donors (Lipinski definition) is 2. The summed E-state index contributed by atoms with van der Waals surface area (Å²) in [5.41, 5.74) is 6.47. The van der Waals surface area contributed by atoms with Crippen LogP contribution in [0.5, 0.6) is 0 Å². The lowest BCUT2D eigenvalue weighted by atomic mass is 9.93. The van der Waals surface area contributed by atoms with Crippen molar-refractivity contribution in [3.8, 4) is 11.1 Å². The van der Waals surface area contributed by atoms with Crippen molar-refractivity contribution in [3.63, 3.8) is 0 Å². The highest BCUT2D eigenvalue weighted by molar-refractivity contribution is 5.99. The van der Waals surface area contributed by atoms with Gasteiger partial charge >= 0.3 is 6.09 Å². The number of fused-ring (bicyclic) bond motifs is 3. The number of carbonyl (C=O) groups is 3. The second-order valence-electron chi connectivity index (χ2n) is 9.82. The fraction of sp³-hybridized carbons (Fsp3) is 0.516. The molecule has 0 fully saturated rings. The summed E-state index contributed by atoms with van der Waals surface area (Å²) in [5.74, 6) is -0.343. The van der Waals surface area contributed by atoms with Crippen LogP contribution in [0.4, 0.5) is 4.79 Å². The molecule has 3 N–H and O–H groups in total. The van der Waals surface area contributed by atoms with Gasteiger partial charge in [-0.1, -0.05) is 37.6 Å². The molecule has 0 saturated carbocycles. The van der Waals surface area contributed by atoms with Crippen LogP contribution in [0.3, 0.4) is 0 Å². The SMILES string of the molecule is [2H]NC(=O)OCC1c2cc(C(=O)CCCOCCCC)ccc2-c2ccc(C(=O)CCCOCCCCO)cc21. The minimum Gasteiger partial charge on any atom is -0.449 e. The second-order valence-corrected chi connectivity index (χ2v) is 9.82. The third kappa shape index (κ3) is 8.98. The van der Waals surface area contributed by atoms with Crippen molar-refractivity contribution in [3.05, 3.63) is 58.7 Å². The molecular weight excluding hydrogens is 498 g/mol. The summed E-state index contributed by atoms with van der Waals surface area (Å²) in [7, 11) is 0. The Balaban J connectivity index is 1.71. The molecule has 1 amide bonds. The Morgan fingerprint density at radius 2 is 1.36 bits per heavy atom. The predicted molar refractivity (Wildman–Crippen MR) is 149 cm³/mol. The molecule has 0 aliphatic heterocycles. The number of amides is 1. The molecule has 1 atom stereocenters. The molecule has 39 heavy (non-hydrogen) atoms. The Morgan fingerprint density at radius 3 is 1.87 bits per heavy atom. The van der Waals surface area contributed by atoms with E-state index in [4.69, 9.17) is 20.7 Å². The maximum Gasteiger partial charge on any atom is 0.404 e. The molecule has 2 aromatic carbocycles. The molecule has 0 bridgehead atoms. The van der Waals surface area contributed by atoms with Crippen LogP contribution in [0.15, 0.2) is 36.4 Å². The Labute approximate surface area is 232 Å². The van der Waals surface area contributed by atoms with E-state index in [9.17, 15) is 14.4 Å². The van der Waals surface area contributed by atoms with Gasteiger partial charge in [-0.05, 0) is 66.5 Å². The van der Waals surface area contributed by atoms with Crippen LogP contribution < -0.4 is 5.73 Å². The molecule has 3 rings (SSSR count). The van der Waals surface area contributed by atoms with Crippen LogP contribution in [-0.4, -0.2) is 62.4 Å². The molecule has 0 aromatic heterocycles. The minimum atomic E-state index is -0.864. The average Bonchev–Trinajstić information content (AvgIpc) is 3.28. The lowest BCUT2D eigenvalue weighted by molar-refractivity contribution is 0.0926. The number of aliphatic hydroxyl groups excluding tert-OH is 1. The number of ether oxygens (including phenoxy) is 3. The lowest BCUT2D eigenvalue weighted by Crippen LogP contribution is -2.18. The maximum absolute atomic E-state index is 12.9. The van der Waals surface area contributed by atoms with E-state index in [0.29, 0.717) is 69.7 Å². The number of Topliss-reactive ketones (excluding diaryl/α,β-unsaturated/α-hetero) is 2. The van der Waals surface area contributed by atoms with Crippen molar-refractivity contribution >= 4 is 17.7 Å². The van der Waals surface area contributed by atoms with Gasteiger partial charge in [0.15, 0.2) is 13.0 Å². The number of rotatable bonds is 19. The number of hydrogen-bond acceptors (Lipinski definition) is 7. The van der Waals surface area contributed by atoms with Crippen molar-refractivity contribution in [1.82, 2.24) is 0 Å². The average molecular weight is 541 g/mol. The van der Waals surface area contributed by atoms with Gasteiger partial charge in [-0.2, -0.15) is 0 Å². The molecule has 2 aromatic rings. The van der Waals surface area contributed by atoms with Gasteiger partial charge in [-0.3, -0.25) is 9.59 Å². The number of carbonyl (C=O) groups excluding carboxylic acids is 3. The fourth-order valence-corrected chi connectivity index (χ4v) is 4.77. The summed E-state index contributed by atoms with van der Waals surface area (Å²) in [6, 6.07) is 11.2. The first-order chi connectivity index (χ1) is 19.5. The van der Waals surface area contributed by atoms with Gasteiger partial charge in [-0.25, -0.2) is 4.79 Å². The fourth-order valence-electron chi connectivity index (χ4n) is 4.77. The Bertz CT molecular complexity index is 1140. The van der Waals surface area contributed by atoms with Crippen LogP contribution in [0, 0.1) is 0 Å². The van der Waals surface area contributed by atoms with Crippen molar-refractivity contribution in [2.75, 3.05) is 39.6 Å². The van der Waals surface area contributed by atoms with Crippen LogP contribution in [0.25, 0.3) is 11.1 Å². The zero-order valence-corrected chi connectivity index (χ0v) is 22.8. The van der Waals surface area contributed by atoms with E-state index in [1.165, 1.54) is 0 Å². The molecule has 8 heteroatoms. The third-order valence-electron chi connectivity index (χ3n) is 6.89. The highest BCUT2D eigenvalue weighted by Gasteiger charge is 2.31. The van der Waals surface area contributed by atoms with Crippen LogP contribution >= 0.6 is 0 Å². The molecule has 0 radical (unpaired) electrons. The monoisotopic (exact) mass is 540 g/mol. The largest absolute Gasteiger partial charge is 0.449 e. The molecule has 8 nitrogen and oxygen atoms in total. The molecule has 1 aliphatic carbocycles. The summed E-state index contributed by atoms with van der Waals surface area (Å²) in [5, 5.41) is 8.83. The van der Waals surface area contributed by atoms with E-state index in [2.05, 4.69) is 6.92 Å². The van der Waals surface area contributed by atoms with Gasteiger partial charge in [0.25, 0.3) is 0 Å². The van der Waals surface area contributed by atoms with E-state index < -0.39 is 6.09 Å². The highest BCUT2D eigenvalue weighted by Crippen LogP contribution is 2.46. The quantitative estimate of drug-likeness (QED) is 0.180. The summed E-state index contributed by atoms with van der Waals surface area (Å²) in [4.78, 5) is 37.6. The summed E-state index contributed by atoms with van der Waals surface area (Å²) in [6.07, 6.45) is 4.68. The van der Waals surface area contributed by atoms with Crippen LogP contribution in [0.2, 0.25) is 1.41 Å². The standard InChI is InChI=1S/C31H41NO7/c1-2-3-15-37-17-6-8-29(34)22-10-12-24-25-13-11-23(30(35)9-7-18-38-16-5-4-14-33)20-27(25)28(26(24)19-22)21-39-31(32)36/h10-13,19-20,28,33H,2-9,14-18,21H2,1H3,(H2,32,36)/i/hD. The van der Waals surface area contributed by atoms with Crippen LogP contribution in [-0.2, 0) is 14.2 Å². The van der Waals surface area contributed by atoms with Gasteiger partial charge in [0, 0.05) is 62.9 Å². The molecular formula is C31H41NO7. The van der Waals surface area contributed by atoms with E-state index in [1.54, 1.807) is 5.73 Å². The zero-order chi connectivity index (χ0) is 28.7. The predicted octanol–water partition coefficient (Wildman–Crippen LogP) is 5.43. The highest BCUT2D eigenvalue weighted by atomic mass is 16.5. The van der Waals surface area contributed by atoms with Crippen LogP contribution in [0.1, 0.15) is 96.1 Å². The molecule has 0 heterocycles. The van der Waals surface area contributed by atoms with Gasteiger partial charge in [-0.15, -0.1) is 0 Å². The van der Waals surface area contributed by atoms with Gasteiger partial charge in [0.2, 0.25) is 0 Å². The first-order valence-electron chi connectivity index (χ1n) is 14.5. The molecule has 1 unspecified atom stereocenters. The van der Waals surface area contributed by atoms with Gasteiger partial charge in [0.1, 0.15) is 6.61 Å². The smallest absolute Gasteiger partial charge is 0.404 e. The number of benzene rings is 2. The first kappa shape index (κ1) is 28.9. The summed E-state index contributed by atoms with van der Waals surface area (Å²) in [6.45, 7) is 4.54. The number of ketones is 2. The lowest BCUT2D eigenvalue weighted by Gasteiger charge is -2.14. The maximum atomic E-state index is 12.9. The Hall–Kier alpha value is -3.07. The Kier molecular flexibility index (Phi) is 12.0. The van der Waals surface area contributed by atoms with E-state index in [-0.39, 0.29) is 30.7 Å².